The number of carbonyl (C=O) groups excluding carboxylic acids is 2. The van der Waals surface area contributed by atoms with Crippen LogP contribution >= 0.6 is 7.82 Å². The lowest BCUT2D eigenvalue weighted by atomic mass is 10.0. The highest BCUT2D eigenvalue weighted by atomic mass is 31.2. The lowest BCUT2D eigenvalue weighted by Gasteiger charge is -2.19. The van der Waals surface area contributed by atoms with Gasteiger partial charge in [0.15, 0.2) is 6.10 Å². The summed E-state index contributed by atoms with van der Waals surface area (Å²) in [6, 6.07) is 0. The zero-order valence-corrected chi connectivity index (χ0v) is 52.6. The molecule has 10 heteroatoms. The van der Waals surface area contributed by atoms with Crippen LogP contribution in [-0.4, -0.2) is 49.3 Å². The van der Waals surface area contributed by atoms with E-state index in [-0.39, 0.29) is 32.1 Å². The molecule has 2 unspecified atom stereocenters. The molecule has 0 aromatic rings. The smallest absolute Gasteiger partial charge is 0.462 e. The average Bonchev–Trinajstić information content (AvgIpc) is 3.42. The van der Waals surface area contributed by atoms with E-state index in [1.165, 1.54) is 321 Å². The second-order valence-electron chi connectivity index (χ2n) is 23.8. The Morgan fingerprint density at radius 2 is 0.558 bits per heavy atom. The van der Waals surface area contributed by atoms with E-state index in [4.69, 9.17) is 24.3 Å². The third kappa shape index (κ3) is 64.1. The van der Waals surface area contributed by atoms with Gasteiger partial charge in [-0.1, -0.05) is 361 Å². The highest BCUT2D eigenvalue weighted by Crippen LogP contribution is 2.43. The molecule has 0 aliphatic carbocycles. The van der Waals surface area contributed by atoms with Crippen molar-refractivity contribution in [1.29, 1.82) is 0 Å². The second kappa shape index (κ2) is 64.2. The minimum absolute atomic E-state index is 0.0588. The number of unbranched alkanes of at least 4 members (excludes halogenated alkanes) is 54. The van der Waals surface area contributed by atoms with Crippen LogP contribution in [-0.2, 0) is 32.7 Å². The van der Waals surface area contributed by atoms with Crippen molar-refractivity contribution < 1.29 is 37.6 Å². The van der Waals surface area contributed by atoms with Gasteiger partial charge >= 0.3 is 19.8 Å². The van der Waals surface area contributed by atoms with Gasteiger partial charge in [0.2, 0.25) is 0 Å². The molecular formula is C67H134NO8P. The average molecular weight is 1110 g/mol. The van der Waals surface area contributed by atoms with Crippen molar-refractivity contribution >= 4 is 19.8 Å². The number of phosphoric ester groups is 1. The van der Waals surface area contributed by atoms with Crippen molar-refractivity contribution in [3.8, 4) is 0 Å². The van der Waals surface area contributed by atoms with Crippen LogP contribution in [0.1, 0.15) is 386 Å². The summed E-state index contributed by atoms with van der Waals surface area (Å²) in [7, 11) is -4.38. The maximum atomic E-state index is 12.8. The number of ether oxygens (including phenoxy) is 2. The van der Waals surface area contributed by atoms with Gasteiger partial charge in [0.1, 0.15) is 6.61 Å². The quantitative estimate of drug-likeness (QED) is 0.0347. The molecule has 0 aliphatic heterocycles. The highest BCUT2D eigenvalue weighted by molar-refractivity contribution is 7.47. The molecule has 9 nitrogen and oxygen atoms in total. The fraction of sp³-hybridized carbons (Fsp3) is 0.970. The zero-order chi connectivity index (χ0) is 55.9. The van der Waals surface area contributed by atoms with E-state index >= 15 is 0 Å². The molecule has 0 amide bonds. The first-order valence-electron chi connectivity index (χ1n) is 34.5. The van der Waals surface area contributed by atoms with Gasteiger partial charge in [-0.3, -0.25) is 18.6 Å². The van der Waals surface area contributed by atoms with Gasteiger partial charge in [0.25, 0.3) is 0 Å². The normalized spacial score (nSPS) is 12.8. The van der Waals surface area contributed by atoms with Gasteiger partial charge in [0, 0.05) is 19.4 Å². The summed E-state index contributed by atoms with van der Waals surface area (Å²) >= 11 is 0. The van der Waals surface area contributed by atoms with Gasteiger partial charge in [-0.25, -0.2) is 4.57 Å². The molecule has 0 heterocycles. The van der Waals surface area contributed by atoms with Crippen LogP contribution in [0.4, 0.5) is 0 Å². The summed E-state index contributed by atoms with van der Waals surface area (Å²) < 4.78 is 33.2. The standard InChI is InChI=1S/C67H134NO8P/c1-3-5-7-9-11-13-15-17-19-21-23-25-27-28-29-30-31-32-33-34-35-36-38-40-42-44-46-48-50-52-54-56-58-60-67(70)76-65(64-75-77(71,72)74-62-61-68)63-73-66(69)59-57-55-53-51-49-47-45-43-41-39-37-26-24-22-20-18-16-14-12-10-8-6-4-2/h65H,3-64,68H2,1-2H3,(H,71,72). The van der Waals surface area contributed by atoms with E-state index in [1.54, 1.807) is 0 Å². The predicted octanol–water partition coefficient (Wildman–Crippen LogP) is 22.2. The van der Waals surface area contributed by atoms with Crippen molar-refractivity contribution in [1.82, 2.24) is 0 Å². The van der Waals surface area contributed by atoms with Gasteiger partial charge in [-0.2, -0.15) is 0 Å². The monoisotopic (exact) mass is 1110 g/mol. The van der Waals surface area contributed by atoms with Crippen LogP contribution < -0.4 is 5.73 Å². The summed E-state index contributed by atoms with van der Waals surface area (Å²) in [5.74, 6) is -0.798. The second-order valence-corrected chi connectivity index (χ2v) is 25.2. The molecule has 0 saturated heterocycles. The zero-order valence-electron chi connectivity index (χ0n) is 51.7. The van der Waals surface area contributed by atoms with Gasteiger partial charge < -0.3 is 20.1 Å². The minimum Gasteiger partial charge on any atom is -0.462 e. The van der Waals surface area contributed by atoms with Crippen LogP contribution in [0.15, 0.2) is 0 Å². The summed E-state index contributed by atoms with van der Waals surface area (Å²) in [6.45, 7) is 3.84. The molecule has 77 heavy (non-hydrogen) atoms. The van der Waals surface area contributed by atoms with E-state index in [2.05, 4.69) is 13.8 Å². The predicted molar refractivity (Wildman–Crippen MR) is 331 cm³/mol. The fourth-order valence-corrected chi connectivity index (χ4v) is 11.6. The van der Waals surface area contributed by atoms with Crippen LogP contribution in [0, 0.1) is 0 Å². The number of hydrogen-bond acceptors (Lipinski definition) is 8. The molecule has 0 fully saturated rings. The lowest BCUT2D eigenvalue weighted by Crippen LogP contribution is -2.29. The third-order valence-electron chi connectivity index (χ3n) is 16.0. The van der Waals surface area contributed by atoms with Crippen LogP contribution in [0.2, 0.25) is 0 Å². The third-order valence-corrected chi connectivity index (χ3v) is 17.0. The Labute approximate surface area is 479 Å². The number of hydrogen-bond donors (Lipinski definition) is 2. The summed E-state index contributed by atoms with van der Waals surface area (Å²) in [5, 5.41) is 0. The van der Waals surface area contributed by atoms with Crippen molar-refractivity contribution in [2.45, 2.75) is 392 Å². The van der Waals surface area contributed by atoms with Crippen molar-refractivity contribution in [2.75, 3.05) is 26.4 Å². The largest absolute Gasteiger partial charge is 0.472 e. The van der Waals surface area contributed by atoms with E-state index in [0.29, 0.717) is 12.8 Å². The van der Waals surface area contributed by atoms with Crippen LogP contribution in [0.25, 0.3) is 0 Å². The van der Waals surface area contributed by atoms with E-state index in [9.17, 15) is 19.0 Å². The molecule has 0 aromatic carbocycles. The number of carbonyl (C=O) groups is 2. The number of rotatable bonds is 67. The fourth-order valence-electron chi connectivity index (χ4n) is 10.9. The molecule has 0 aliphatic rings. The molecule has 0 spiro atoms. The topological polar surface area (TPSA) is 134 Å². The first kappa shape index (κ1) is 76.0. The van der Waals surface area contributed by atoms with Crippen molar-refractivity contribution in [2.24, 2.45) is 5.73 Å². The Morgan fingerprint density at radius 3 is 0.792 bits per heavy atom. The molecule has 3 N–H and O–H groups in total. The molecule has 0 aromatic heterocycles. The first-order valence-corrected chi connectivity index (χ1v) is 36.0. The number of nitrogens with two attached hydrogens (primary N) is 1. The lowest BCUT2D eigenvalue weighted by molar-refractivity contribution is -0.161. The minimum atomic E-state index is -4.38. The van der Waals surface area contributed by atoms with E-state index in [0.717, 1.165) is 32.1 Å². The van der Waals surface area contributed by atoms with Gasteiger partial charge in [-0.05, 0) is 12.8 Å². The molecule has 2 atom stereocenters. The van der Waals surface area contributed by atoms with Crippen LogP contribution in [0.5, 0.6) is 0 Å². The molecular weight excluding hydrogens is 978 g/mol. The Morgan fingerprint density at radius 1 is 0.338 bits per heavy atom. The summed E-state index contributed by atoms with van der Waals surface area (Å²) in [5.41, 5.74) is 5.40. The van der Waals surface area contributed by atoms with E-state index in [1.807, 2.05) is 0 Å². The van der Waals surface area contributed by atoms with Crippen LogP contribution in [0.3, 0.4) is 0 Å². The maximum absolute atomic E-state index is 12.8. The maximum Gasteiger partial charge on any atom is 0.472 e. The first-order chi connectivity index (χ1) is 37.8. The Hall–Kier alpha value is -0.990. The molecule has 0 saturated carbocycles. The summed E-state index contributed by atoms with van der Waals surface area (Å²) in [4.78, 5) is 35.3. The SMILES string of the molecule is CCCCCCCCCCCCCCCCCCCCCCCCCCCCCCCCCCCC(=O)OC(COC(=O)CCCCCCCCCCCCCCCCCCCCCCCCC)COP(=O)(O)OCCN. The molecule has 0 bridgehead atoms. The Balaban J connectivity index is 3.79. The van der Waals surface area contributed by atoms with E-state index < -0.39 is 26.5 Å². The van der Waals surface area contributed by atoms with Crippen molar-refractivity contribution in [3.05, 3.63) is 0 Å². The van der Waals surface area contributed by atoms with Gasteiger partial charge in [0.05, 0.1) is 13.2 Å². The Kier molecular flexibility index (Phi) is 63.4. The number of esters is 2. The molecule has 0 rings (SSSR count). The Bertz CT molecular complexity index is 1220. The van der Waals surface area contributed by atoms with Gasteiger partial charge in [-0.15, -0.1) is 0 Å². The molecule has 0 radical (unpaired) electrons. The summed E-state index contributed by atoms with van der Waals surface area (Å²) in [6.07, 6.45) is 74.9. The highest BCUT2D eigenvalue weighted by Gasteiger charge is 2.26. The van der Waals surface area contributed by atoms with Crippen molar-refractivity contribution in [3.63, 3.8) is 0 Å². The number of phosphoric acid groups is 1. The molecule has 460 valence electrons.